The Hall–Kier alpha value is -2.73. The lowest BCUT2D eigenvalue weighted by atomic mass is 10.1. The van der Waals surface area contributed by atoms with Gasteiger partial charge in [0.05, 0.1) is 16.4 Å². The highest BCUT2D eigenvalue weighted by molar-refractivity contribution is 6.34. The molecule has 1 aliphatic rings. The van der Waals surface area contributed by atoms with Crippen molar-refractivity contribution in [2.24, 2.45) is 0 Å². The smallest absolute Gasteiger partial charge is 0.248 e. The molecule has 2 heterocycles. The maximum Gasteiger partial charge on any atom is 0.248 e. The van der Waals surface area contributed by atoms with E-state index in [9.17, 15) is 4.79 Å². The first-order chi connectivity index (χ1) is 15.9. The van der Waals surface area contributed by atoms with Crippen molar-refractivity contribution in [2.45, 2.75) is 13.8 Å². The number of piperazine rings is 1. The number of carbonyl (C=O) groups is 1. The van der Waals surface area contributed by atoms with Gasteiger partial charge in [-0.2, -0.15) is 0 Å². The van der Waals surface area contributed by atoms with Gasteiger partial charge in [-0.1, -0.05) is 48.3 Å². The molecular weight excluding hydrogens is 457 g/mol. The molecule has 3 aromatic rings. The number of rotatable bonds is 6. The fourth-order valence-electron chi connectivity index (χ4n) is 3.90. The fourth-order valence-corrected chi connectivity index (χ4v) is 4.38. The largest absolute Gasteiger partial charge is 0.457 e. The molecule has 0 aliphatic carbocycles. The lowest BCUT2D eigenvalue weighted by molar-refractivity contribution is -0.111. The molecule has 33 heavy (non-hydrogen) atoms. The second-order valence-electron chi connectivity index (χ2n) is 8.05. The van der Waals surface area contributed by atoms with Gasteiger partial charge in [-0.25, -0.2) is 0 Å². The molecule has 0 radical (unpaired) electrons. The van der Waals surface area contributed by atoms with Gasteiger partial charge >= 0.3 is 0 Å². The van der Waals surface area contributed by atoms with Gasteiger partial charge < -0.3 is 19.5 Å². The van der Waals surface area contributed by atoms with Gasteiger partial charge in [0.15, 0.2) is 0 Å². The van der Waals surface area contributed by atoms with Crippen LogP contribution in [0.2, 0.25) is 10.0 Å². The summed E-state index contributed by atoms with van der Waals surface area (Å²) < 4.78 is 5.86. The van der Waals surface area contributed by atoms with Crippen LogP contribution in [-0.4, -0.2) is 43.5 Å². The summed E-state index contributed by atoms with van der Waals surface area (Å²) in [6.07, 6.45) is 3.11. The van der Waals surface area contributed by atoms with E-state index in [0.29, 0.717) is 27.3 Å². The number of hydrogen-bond donors (Lipinski definition) is 1. The van der Waals surface area contributed by atoms with Gasteiger partial charge in [0.25, 0.3) is 0 Å². The Kier molecular flexibility index (Phi) is 7.43. The summed E-state index contributed by atoms with van der Waals surface area (Å²) in [5, 5.41) is 4.29. The second kappa shape index (κ2) is 10.5. The van der Waals surface area contributed by atoms with Gasteiger partial charge in [-0.15, -0.1) is 0 Å². The summed E-state index contributed by atoms with van der Waals surface area (Å²) in [5.74, 6) is 1.03. The van der Waals surface area contributed by atoms with Gasteiger partial charge in [0.1, 0.15) is 11.5 Å². The van der Waals surface area contributed by atoms with Crippen LogP contribution in [-0.2, 0) is 4.79 Å². The molecule has 0 unspecified atom stereocenters. The van der Waals surface area contributed by atoms with Crippen molar-refractivity contribution in [3.63, 3.8) is 0 Å². The van der Waals surface area contributed by atoms with Gasteiger partial charge in [0.2, 0.25) is 5.91 Å². The van der Waals surface area contributed by atoms with Crippen molar-refractivity contribution in [3.8, 4) is 11.3 Å². The number of hydrogen-bond acceptors (Lipinski definition) is 4. The molecular formula is C26H27Cl2N3O2. The highest BCUT2D eigenvalue weighted by Gasteiger charge is 2.21. The topological polar surface area (TPSA) is 48.7 Å². The maximum atomic E-state index is 12.7. The summed E-state index contributed by atoms with van der Waals surface area (Å²) in [5.41, 5.74) is 3.47. The third kappa shape index (κ3) is 5.61. The Bertz CT molecular complexity index is 1160. The lowest BCUT2D eigenvalue weighted by Crippen LogP contribution is -2.46. The molecule has 0 atom stereocenters. The number of nitrogens with zero attached hydrogens (tertiary/aromatic N) is 2. The molecule has 7 heteroatoms. The van der Waals surface area contributed by atoms with Crippen LogP contribution in [0.15, 0.2) is 59.0 Å². The van der Waals surface area contributed by atoms with Crippen molar-refractivity contribution in [2.75, 3.05) is 42.9 Å². The Morgan fingerprint density at radius 1 is 1.06 bits per heavy atom. The van der Waals surface area contributed by atoms with Crippen molar-refractivity contribution in [1.29, 1.82) is 0 Å². The standard InChI is InChI=1S/C26H27Cl2N3O2/c1-3-30-13-15-31(16-14-30)26-21(27)5-4-6-23(26)29-25(32)12-10-20-9-11-24(33-20)19-8-7-18(2)22(28)17-19/h4-12,17H,3,13-16H2,1-2H3,(H,29,32). The molecule has 172 valence electrons. The highest BCUT2D eigenvalue weighted by Crippen LogP contribution is 2.34. The number of aryl methyl sites for hydroxylation is 1. The van der Waals surface area contributed by atoms with Crippen molar-refractivity contribution in [1.82, 2.24) is 4.90 Å². The van der Waals surface area contributed by atoms with E-state index in [0.717, 1.165) is 49.5 Å². The number of amides is 1. The van der Waals surface area contributed by atoms with Crippen LogP contribution in [0.1, 0.15) is 18.2 Å². The van der Waals surface area contributed by atoms with Crippen LogP contribution in [0.5, 0.6) is 0 Å². The van der Waals surface area contributed by atoms with Crippen molar-refractivity contribution < 1.29 is 9.21 Å². The highest BCUT2D eigenvalue weighted by atomic mass is 35.5. The number of likely N-dealkylation sites (N-methyl/N-ethyl adjacent to an activating group) is 1. The Morgan fingerprint density at radius 2 is 1.85 bits per heavy atom. The Morgan fingerprint density at radius 3 is 2.58 bits per heavy atom. The number of benzene rings is 2. The normalized spacial score (nSPS) is 14.7. The monoisotopic (exact) mass is 483 g/mol. The minimum Gasteiger partial charge on any atom is -0.457 e. The number of halogens is 2. The fraction of sp³-hybridized carbons (Fsp3) is 0.269. The van der Waals surface area contributed by atoms with Crippen LogP contribution in [0.4, 0.5) is 11.4 Å². The summed E-state index contributed by atoms with van der Waals surface area (Å²) in [6, 6.07) is 15.1. The zero-order chi connectivity index (χ0) is 23.4. The average molecular weight is 484 g/mol. The second-order valence-corrected chi connectivity index (χ2v) is 8.86. The molecule has 1 aromatic heterocycles. The molecule has 1 fully saturated rings. The van der Waals surface area contributed by atoms with E-state index in [-0.39, 0.29) is 5.91 Å². The summed E-state index contributed by atoms with van der Waals surface area (Å²) >= 11 is 12.7. The summed E-state index contributed by atoms with van der Waals surface area (Å²) in [7, 11) is 0. The minimum atomic E-state index is -0.248. The quantitative estimate of drug-likeness (QED) is 0.414. The molecule has 2 aromatic carbocycles. The molecule has 5 nitrogen and oxygen atoms in total. The molecule has 1 aliphatic heterocycles. The predicted molar refractivity (Wildman–Crippen MR) is 137 cm³/mol. The van der Waals surface area contributed by atoms with E-state index in [4.69, 9.17) is 27.6 Å². The van der Waals surface area contributed by atoms with E-state index in [1.807, 2.05) is 55.5 Å². The SMILES string of the molecule is CCN1CCN(c2c(Cl)cccc2NC(=O)C=Cc2ccc(-c3ccc(C)c(Cl)c3)o2)CC1. The maximum absolute atomic E-state index is 12.7. The van der Waals surface area contributed by atoms with Gasteiger partial charge in [-0.05, 0) is 55.4 Å². The number of anilines is 2. The van der Waals surface area contributed by atoms with Crippen LogP contribution in [0.3, 0.4) is 0 Å². The van der Waals surface area contributed by atoms with Crippen LogP contribution < -0.4 is 10.2 Å². The first-order valence-electron chi connectivity index (χ1n) is 11.1. The lowest BCUT2D eigenvalue weighted by Gasteiger charge is -2.36. The van der Waals surface area contributed by atoms with E-state index >= 15 is 0 Å². The number of furan rings is 1. The zero-order valence-electron chi connectivity index (χ0n) is 18.8. The Labute approximate surface area is 204 Å². The van der Waals surface area contributed by atoms with Crippen LogP contribution >= 0.6 is 23.2 Å². The van der Waals surface area contributed by atoms with E-state index in [2.05, 4.69) is 22.0 Å². The number of nitrogens with one attached hydrogen (secondary N) is 1. The van der Waals surface area contributed by atoms with Crippen LogP contribution in [0, 0.1) is 6.92 Å². The Balaban J connectivity index is 1.45. The molecule has 0 spiro atoms. The number of carbonyl (C=O) groups excluding carboxylic acids is 1. The van der Waals surface area contributed by atoms with Gasteiger partial charge in [-0.3, -0.25) is 4.79 Å². The minimum absolute atomic E-state index is 0.248. The first-order valence-corrected chi connectivity index (χ1v) is 11.8. The molecule has 1 saturated heterocycles. The third-order valence-electron chi connectivity index (χ3n) is 5.86. The van der Waals surface area contributed by atoms with Crippen LogP contribution in [0.25, 0.3) is 17.4 Å². The van der Waals surface area contributed by atoms with E-state index in [1.54, 1.807) is 6.08 Å². The molecule has 0 bridgehead atoms. The summed E-state index contributed by atoms with van der Waals surface area (Å²) in [4.78, 5) is 17.3. The van der Waals surface area contributed by atoms with Crippen molar-refractivity contribution in [3.05, 3.63) is 76.0 Å². The first kappa shape index (κ1) is 23.4. The molecule has 4 rings (SSSR count). The van der Waals surface area contributed by atoms with Crippen molar-refractivity contribution >= 4 is 46.6 Å². The molecule has 0 saturated carbocycles. The van der Waals surface area contributed by atoms with Gasteiger partial charge in [0, 0.05) is 42.8 Å². The zero-order valence-corrected chi connectivity index (χ0v) is 20.3. The van der Waals surface area contributed by atoms with E-state index in [1.165, 1.54) is 6.08 Å². The third-order valence-corrected chi connectivity index (χ3v) is 6.57. The number of para-hydroxylation sites is 1. The summed E-state index contributed by atoms with van der Waals surface area (Å²) in [6.45, 7) is 8.85. The average Bonchev–Trinajstić information content (AvgIpc) is 3.29. The molecule has 1 amide bonds. The molecule has 1 N–H and O–H groups in total. The van der Waals surface area contributed by atoms with E-state index < -0.39 is 0 Å². The predicted octanol–water partition coefficient (Wildman–Crippen LogP) is 6.36.